The van der Waals surface area contributed by atoms with E-state index in [1.807, 2.05) is 0 Å². The molecule has 0 radical (unpaired) electrons. The minimum Gasteiger partial charge on any atom is -0.790 e. The van der Waals surface area contributed by atoms with Crippen LogP contribution in [0.1, 0.15) is 0 Å². The van der Waals surface area contributed by atoms with Crippen molar-refractivity contribution in [2.24, 2.45) is 0 Å². The van der Waals surface area contributed by atoms with E-state index in [1.165, 1.54) is 0 Å². The molecule has 6 N–H and O–H groups in total. The molecule has 16 heavy (non-hydrogen) atoms. The van der Waals surface area contributed by atoms with Crippen LogP contribution in [0.25, 0.3) is 0 Å². The molecule has 0 aromatic rings. The van der Waals surface area contributed by atoms with E-state index >= 15 is 0 Å². The monoisotopic (exact) mass is 384 g/mol. The van der Waals surface area contributed by atoms with Crippen molar-refractivity contribution in [3.05, 3.63) is 0 Å². The molecular formula is H6K4O10P2. The number of hydrogen-bond donors (Lipinski definition) is 0. The second-order valence-corrected chi connectivity index (χ2v) is 3.42. The Morgan fingerprint density at radius 1 is 0.625 bits per heavy atom. The van der Waals surface area contributed by atoms with E-state index in [0.717, 1.165) is 0 Å². The summed E-state index contributed by atoms with van der Waals surface area (Å²) in [5.74, 6) is 0. The maximum Gasteiger partial charge on any atom is 1.00 e. The third-order valence-electron chi connectivity index (χ3n) is 0.200. The molecule has 0 aliphatic rings. The zero-order valence-electron chi connectivity index (χ0n) is 9.25. The summed E-state index contributed by atoms with van der Waals surface area (Å²) in [5.41, 5.74) is 0. The van der Waals surface area contributed by atoms with Gasteiger partial charge in [0.1, 0.15) is 0 Å². The van der Waals surface area contributed by atoms with Crippen molar-refractivity contribution < 1.29 is 255 Å². The molecule has 0 aliphatic heterocycles. The fourth-order valence-corrected chi connectivity index (χ4v) is 1.10. The van der Waals surface area contributed by atoms with Crippen LogP contribution in [0.5, 0.6) is 0 Å². The number of phosphoric acid groups is 2. The summed E-state index contributed by atoms with van der Waals surface area (Å²) in [6.07, 6.45) is 0. The molecule has 0 saturated heterocycles. The SMILES string of the molecule is O.O.O.O=P([O-])([O-])OP(=O)([O-])[O-].[K+].[K+].[K+].[K+]. The predicted octanol–water partition coefficient (Wildman–Crippen LogP) is -17.8. The van der Waals surface area contributed by atoms with Gasteiger partial charge in [0.2, 0.25) is 0 Å². The summed E-state index contributed by atoms with van der Waals surface area (Å²) in [7, 11) is -11.4. The van der Waals surface area contributed by atoms with Gasteiger partial charge in [0.05, 0.1) is 15.6 Å². The van der Waals surface area contributed by atoms with Gasteiger partial charge in [-0.1, -0.05) is 0 Å². The minimum absolute atomic E-state index is 0. The van der Waals surface area contributed by atoms with Crippen LogP contribution in [0.2, 0.25) is 0 Å². The Morgan fingerprint density at radius 3 is 0.750 bits per heavy atom. The first-order valence-corrected chi connectivity index (χ1v) is 4.38. The van der Waals surface area contributed by atoms with E-state index in [9.17, 15) is 28.7 Å². The Kier molecular flexibility index (Phi) is 74.0. The summed E-state index contributed by atoms with van der Waals surface area (Å²) >= 11 is 0. The molecule has 0 saturated carbocycles. The van der Waals surface area contributed by atoms with E-state index in [1.54, 1.807) is 0 Å². The second-order valence-electron chi connectivity index (χ2n) is 0.976. The Bertz CT molecular complexity index is 161. The molecule has 0 aromatic heterocycles. The van der Waals surface area contributed by atoms with Crippen molar-refractivity contribution in [3.8, 4) is 0 Å². The first-order chi connectivity index (χ1) is 3.71. The molecule has 0 fully saturated rings. The smallest absolute Gasteiger partial charge is 0.790 e. The van der Waals surface area contributed by atoms with Gasteiger partial charge < -0.3 is 49.4 Å². The molecule has 0 spiro atoms. The Morgan fingerprint density at radius 2 is 0.750 bits per heavy atom. The second kappa shape index (κ2) is 23.9. The maximum absolute atomic E-state index is 9.32. The fourth-order valence-electron chi connectivity index (χ4n) is 0.122. The van der Waals surface area contributed by atoms with Crippen molar-refractivity contribution in [1.82, 2.24) is 0 Å². The summed E-state index contributed by atoms with van der Waals surface area (Å²) in [5, 5.41) is 0. The predicted molar refractivity (Wildman–Crippen MR) is 27.1 cm³/mol. The minimum atomic E-state index is -5.68. The molecule has 0 amide bonds. The zero-order chi connectivity index (χ0) is 7.71. The average Bonchev–Trinajstić information content (AvgIpc) is 1.14. The summed E-state index contributed by atoms with van der Waals surface area (Å²) in [4.78, 5) is 37.3. The third-order valence-corrected chi connectivity index (χ3v) is 1.80. The van der Waals surface area contributed by atoms with Crippen molar-refractivity contribution in [3.63, 3.8) is 0 Å². The van der Waals surface area contributed by atoms with Crippen molar-refractivity contribution in [1.29, 1.82) is 0 Å². The molecule has 80 valence electrons. The molecule has 0 aliphatic carbocycles. The van der Waals surface area contributed by atoms with E-state index in [0.29, 0.717) is 0 Å². The Hall–Kier alpha value is 6.69. The van der Waals surface area contributed by atoms with Gasteiger partial charge in [-0.15, -0.1) is 0 Å². The quantitative estimate of drug-likeness (QED) is 0.329. The molecule has 10 nitrogen and oxygen atoms in total. The summed E-state index contributed by atoms with van der Waals surface area (Å²) < 4.78 is 21.2. The van der Waals surface area contributed by atoms with Crippen LogP contribution in [0.3, 0.4) is 0 Å². The first kappa shape index (κ1) is 49.5. The average molecular weight is 384 g/mol. The van der Waals surface area contributed by atoms with Gasteiger partial charge in [0.25, 0.3) is 0 Å². The van der Waals surface area contributed by atoms with Crippen LogP contribution in [-0.2, 0) is 13.4 Å². The molecule has 0 heterocycles. The summed E-state index contributed by atoms with van der Waals surface area (Å²) in [6, 6.07) is 0. The van der Waals surface area contributed by atoms with E-state index in [-0.39, 0.29) is 222 Å². The largest absolute Gasteiger partial charge is 1.00 e. The van der Waals surface area contributed by atoms with Crippen LogP contribution in [0.15, 0.2) is 0 Å². The van der Waals surface area contributed by atoms with Gasteiger partial charge in [0.15, 0.2) is 0 Å². The standard InChI is InChI=1S/4K.H4O7P2.3H2O/c;;;;1-8(2,3)7-9(4,5)6;;;/h;;;;(H2,1,2,3)(H2,4,5,6);3*1H2/q4*+1;;;;/p-4. The van der Waals surface area contributed by atoms with E-state index < -0.39 is 15.6 Å². The van der Waals surface area contributed by atoms with E-state index in [2.05, 4.69) is 4.31 Å². The third kappa shape index (κ3) is 49.8. The van der Waals surface area contributed by atoms with Gasteiger partial charge in [-0.25, -0.2) is 0 Å². The molecule has 0 rings (SSSR count). The van der Waals surface area contributed by atoms with Gasteiger partial charge in [-0.3, -0.25) is 0 Å². The maximum atomic E-state index is 9.32. The van der Waals surface area contributed by atoms with Gasteiger partial charge >= 0.3 is 206 Å². The molecular weight excluding hydrogens is 378 g/mol. The van der Waals surface area contributed by atoms with Crippen molar-refractivity contribution >= 4 is 15.6 Å². The van der Waals surface area contributed by atoms with Gasteiger partial charge in [-0.05, 0) is 0 Å². The topological polar surface area (TPSA) is 230 Å². The Balaban J connectivity index is -0.0000000152. The Labute approximate surface area is 262 Å². The number of rotatable bonds is 2. The van der Waals surface area contributed by atoms with Crippen LogP contribution >= 0.6 is 15.6 Å². The molecule has 0 aromatic carbocycles. The zero-order valence-corrected chi connectivity index (χ0v) is 23.5. The summed E-state index contributed by atoms with van der Waals surface area (Å²) in [6.45, 7) is 0. The first-order valence-electron chi connectivity index (χ1n) is 1.46. The molecule has 0 bridgehead atoms. The van der Waals surface area contributed by atoms with Gasteiger partial charge in [0, 0.05) is 0 Å². The van der Waals surface area contributed by atoms with Crippen LogP contribution in [0, 0.1) is 0 Å². The fraction of sp³-hybridized carbons (Fsp3) is 0. The van der Waals surface area contributed by atoms with Crippen molar-refractivity contribution in [2.45, 2.75) is 0 Å². The molecule has 0 atom stereocenters. The normalized spacial score (nSPS) is 7.75. The van der Waals surface area contributed by atoms with Crippen LogP contribution in [-0.4, -0.2) is 16.4 Å². The van der Waals surface area contributed by atoms with Gasteiger partial charge in [-0.2, -0.15) is 0 Å². The van der Waals surface area contributed by atoms with Crippen molar-refractivity contribution in [2.75, 3.05) is 0 Å². The number of hydrogen-bond acceptors (Lipinski definition) is 7. The molecule has 16 heteroatoms. The molecule has 0 unspecified atom stereocenters. The van der Waals surface area contributed by atoms with Crippen LogP contribution < -0.4 is 225 Å². The van der Waals surface area contributed by atoms with E-state index in [4.69, 9.17) is 0 Å². The van der Waals surface area contributed by atoms with Crippen LogP contribution in [0.4, 0.5) is 0 Å².